The average Bonchev–Trinajstić information content (AvgIpc) is 2.82. The highest BCUT2D eigenvalue weighted by Crippen LogP contribution is 2.16. The molecule has 17 heavy (non-hydrogen) atoms. The molecule has 0 atom stereocenters. The summed E-state index contributed by atoms with van der Waals surface area (Å²) in [7, 11) is 0. The zero-order valence-electron chi connectivity index (χ0n) is 8.98. The Kier molecular flexibility index (Phi) is 3.77. The predicted molar refractivity (Wildman–Crippen MR) is 64.1 cm³/mol. The Morgan fingerprint density at radius 1 is 1.47 bits per heavy atom. The van der Waals surface area contributed by atoms with Gasteiger partial charge in [-0.2, -0.15) is 5.10 Å². The van der Waals surface area contributed by atoms with Crippen LogP contribution in [0.5, 0.6) is 0 Å². The van der Waals surface area contributed by atoms with E-state index in [0.29, 0.717) is 0 Å². The molecular formula is C11H11N3O2S. The van der Waals surface area contributed by atoms with Crippen LogP contribution >= 0.6 is 11.8 Å². The lowest BCUT2D eigenvalue weighted by molar-refractivity contribution is 0.0696. The van der Waals surface area contributed by atoms with Gasteiger partial charge in [0, 0.05) is 24.3 Å². The molecule has 0 saturated heterocycles. The van der Waals surface area contributed by atoms with E-state index in [-0.39, 0.29) is 5.56 Å². The van der Waals surface area contributed by atoms with Crippen LogP contribution in [0.15, 0.2) is 41.8 Å². The van der Waals surface area contributed by atoms with Gasteiger partial charge in [0.2, 0.25) is 0 Å². The van der Waals surface area contributed by atoms with Crippen LogP contribution in [-0.4, -0.2) is 31.6 Å². The van der Waals surface area contributed by atoms with Gasteiger partial charge in [-0.1, -0.05) is 0 Å². The SMILES string of the molecule is O=C(O)c1ccnc(SCCn2cccn2)c1. The number of hydrogen-bond acceptors (Lipinski definition) is 4. The molecule has 0 amide bonds. The molecule has 0 aliphatic heterocycles. The Morgan fingerprint density at radius 2 is 2.35 bits per heavy atom. The van der Waals surface area contributed by atoms with Crippen LogP contribution in [0.1, 0.15) is 10.4 Å². The summed E-state index contributed by atoms with van der Waals surface area (Å²) in [5.74, 6) is -0.126. The van der Waals surface area contributed by atoms with Crippen molar-refractivity contribution in [3.05, 3.63) is 42.4 Å². The number of carboxylic acids is 1. The standard InChI is InChI=1S/C11H11N3O2S/c15-11(16)9-2-4-12-10(8-9)17-7-6-14-5-1-3-13-14/h1-5,8H,6-7H2,(H,15,16). The molecule has 2 heterocycles. The van der Waals surface area contributed by atoms with Crippen molar-refractivity contribution in [3.8, 4) is 0 Å². The second kappa shape index (κ2) is 5.49. The maximum Gasteiger partial charge on any atom is 0.335 e. The first-order valence-electron chi connectivity index (χ1n) is 5.05. The molecule has 88 valence electrons. The van der Waals surface area contributed by atoms with Crippen LogP contribution in [0.2, 0.25) is 0 Å². The molecule has 2 rings (SSSR count). The lowest BCUT2D eigenvalue weighted by Gasteiger charge is -2.02. The molecule has 0 spiro atoms. The zero-order chi connectivity index (χ0) is 12.1. The Labute approximate surface area is 102 Å². The number of aryl methyl sites for hydroxylation is 1. The Hall–Kier alpha value is -1.82. The summed E-state index contributed by atoms with van der Waals surface area (Å²) in [6.07, 6.45) is 5.13. The van der Waals surface area contributed by atoms with Crippen molar-refractivity contribution < 1.29 is 9.90 Å². The number of pyridine rings is 1. The van der Waals surface area contributed by atoms with Gasteiger partial charge in [0.05, 0.1) is 17.1 Å². The van der Waals surface area contributed by atoms with Gasteiger partial charge in [0.15, 0.2) is 0 Å². The molecule has 2 aromatic heterocycles. The van der Waals surface area contributed by atoms with Gasteiger partial charge in [0.25, 0.3) is 0 Å². The van der Waals surface area contributed by atoms with Crippen molar-refractivity contribution >= 4 is 17.7 Å². The minimum atomic E-state index is -0.929. The van der Waals surface area contributed by atoms with Gasteiger partial charge in [-0.15, -0.1) is 11.8 Å². The molecule has 6 heteroatoms. The van der Waals surface area contributed by atoms with E-state index in [9.17, 15) is 4.79 Å². The minimum absolute atomic E-state index is 0.265. The Bertz CT molecular complexity index is 499. The summed E-state index contributed by atoms with van der Waals surface area (Å²) in [6, 6.07) is 4.93. The summed E-state index contributed by atoms with van der Waals surface area (Å²) in [4.78, 5) is 14.9. The van der Waals surface area contributed by atoms with Crippen molar-refractivity contribution in [1.82, 2.24) is 14.8 Å². The highest BCUT2D eigenvalue weighted by molar-refractivity contribution is 7.99. The smallest absolute Gasteiger partial charge is 0.335 e. The second-order valence-corrected chi connectivity index (χ2v) is 4.42. The summed E-state index contributed by atoms with van der Waals surface area (Å²) in [5.41, 5.74) is 0.265. The summed E-state index contributed by atoms with van der Waals surface area (Å²) >= 11 is 1.51. The number of carboxylic acid groups (broad SMARTS) is 1. The van der Waals surface area contributed by atoms with Gasteiger partial charge in [-0.25, -0.2) is 9.78 Å². The third-order valence-electron chi connectivity index (χ3n) is 2.11. The van der Waals surface area contributed by atoms with Crippen molar-refractivity contribution in [3.63, 3.8) is 0 Å². The fourth-order valence-corrected chi connectivity index (χ4v) is 2.13. The number of aromatic nitrogens is 3. The van der Waals surface area contributed by atoms with Gasteiger partial charge in [0.1, 0.15) is 0 Å². The van der Waals surface area contributed by atoms with Crippen LogP contribution in [0.4, 0.5) is 0 Å². The van der Waals surface area contributed by atoms with Gasteiger partial charge >= 0.3 is 5.97 Å². The summed E-state index contributed by atoms with van der Waals surface area (Å²) in [6.45, 7) is 0.774. The van der Waals surface area contributed by atoms with E-state index in [1.807, 2.05) is 16.9 Å². The van der Waals surface area contributed by atoms with E-state index < -0.39 is 5.97 Å². The number of thioether (sulfide) groups is 1. The molecule has 1 N–H and O–H groups in total. The van der Waals surface area contributed by atoms with E-state index in [2.05, 4.69) is 10.1 Å². The first kappa shape index (κ1) is 11.7. The van der Waals surface area contributed by atoms with Crippen molar-refractivity contribution in [2.24, 2.45) is 0 Å². The molecule has 0 saturated carbocycles. The van der Waals surface area contributed by atoms with E-state index in [1.165, 1.54) is 24.0 Å². The summed E-state index contributed by atoms with van der Waals surface area (Å²) in [5, 5.41) is 13.6. The Morgan fingerprint density at radius 3 is 3.06 bits per heavy atom. The van der Waals surface area contributed by atoms with Gasteiger partial charge in [-0.05, 0) is 18.2 Å². The first-order valence-corrected chi connectivity index (χ1v) is 6.04. The largest absolute Gasteiger partial charge is 0.478 e. The fourth-order valence-electron chi connectivity index (χ4n) is 1.30. The van der Waals surface area contributed by atoms with E-state index in [1.54, 1.807) is 12.3 Å². The monoisotopic (exact) mass is 249 g/mol. The van der Waals surface area contributed by atoms with Crippen molar-refractivity contribution in [2.75, 3.05) is 5.75 Å². The first-order chi connectivity index (χ1) is 8.25. The topological polar surface area (TPSA) is 68.0 Å². The number of hydrogen-bond donors (Lipinski definition) is 1. The molecule has 0 radical (unpaired) electrons. The highest BCUT2D eigenvalue weighted by Gasteiger charge is 2.04. The maximum atomic E-state index is 10.8. The fraction of sp³-hybridized carbons (Fsp3) is 0.182. The lowest BCUT2D eigenvalue weighted by Crippen LogP contribution is -2.01. The summed E-state index contributed by atoms with van der Waals surface area (Å²) < 4.78 is 1.83. The minimum Gasteiger partial charge on any atom is -0.478 e. The predicted octanol–water partition coefficient (Wildman–Crippen LogP) is 1.77. The number of aromatic carboxylic acids is 1. The molecular weight excluding hydrogens is 238 g/mol. The molecule has 0 bridgehead atoms. The quantitative estimate of drug-likeness (QED) is 0.818. The van der Waals surface area contributed by atoms with E-state index >= 15 is 0 Å². The third kappa shape index (κ3) is 3.32. The highest BCUT2D eigenvalue weighted by atomic mass is 32.2. The van der Waals surface area contributed by atoms with Crippen molar-refractivity contribution in [2.45, 2.75) is 11.6 Å². The van der Waals surface area contributed by atoms with Crippen LogP contribution in [0.25, 0.3) is 0 Å². The van der Waals surface area contributed by atoms with Crippen molar-refractivity contribution in [1.29, 1.82) is 0 Å². The maximum absolute atomic E-state index is 10.8. The normalized spacial score (nSPS) is 10.4. The molecule has 2 aromatic rings. The van der Waals surface area contributed by atoms with Gasteiger partial charge in [-0.3, -0.25) is 4.68 Å². The molecule has 0 aliphatic carbocycles. The lowest BCUT2D eigenvalue weighted by atomic mass is 10.3. The molecule has 0 fully saturated rings. The van der Waals surface area contributed by atoms with E-state index in [4.69, 9.17) is 5.11 Å². The second-order valence-electron chi connectivity index (χ2n) is 3.31. The average molecular weight is 249 g/mol. The number of nitrogens with zero attached hydrogens (tertiary/aromatic N) is 3. The van der Waals surface area contributed by atoms with Crippen LogP contribution < -0.4 is 0 Å². The molecule has 0 unspecified atom stereocenters. The molecule has 0 aromatic carbocycles. The zero-order valence-corrected chi connectivity index (χ0v) is 9.80. The van der Waals surface area contributed by atoms with Crippen LogP contribution in [0.3, 0.4) is 0 Å². The van der Waals surface area contributed by atoms with Crippen LogP contribution in [0, 0.1) is 0 Å². The Balaban J connectivity index is 1.90. The number of rotatable bonds is 5. The molecule has 5 nitrogen and oxygen atoms in total. The van der Waals surface area contributed by atoms with Crippen LogP contribution in [-0.2, 0) is 6.54 Å². The molecule has 0 aliphatic rings. The third-order valence-corrected chi connectivity index (χ3v) is 3.02. The number of carbonyl (C=O) groups is 1. The van der Waals surface area contributed by atoms with E-state index in [0.717, 1.165) is 17.3 Å². The van der Waals surface area contributed by atoms with Gasteiger partial charge < -0.3 is 5.11 Å².